The van der Waals surface area contributed by atoms with Crippen molar-refractivity contribution in [3.8, 4) is 11.5 Å². The Balaban J connectivity index is 1.44. The maximum Gasteiger partial charge on any atom is 0.208 e. The second kappa shape index (κ2) is 7.71. The van der Waals surface area contributed by atoms with Gasteiger partial charge in [-0.3, -0.25) is 9.89 Å². The fourth-order valence-corrected chi connectivity index (χ4v) is 4.04. The van der Waals surface area contributed by atoms with Crippen molar-refractivity contribution < 1.29 is 14.3 Å². The third-order valence-electron chi connectivity index (χ3n) is 4.74. The van der Waals surface area contributed by atoms with Crippen molar-refractivity contribution in [1.29, 1.82) is 0 Å². The summed E-state index contributed by atoms with van der Waals surface area (Å²) in [6.07, 6.45) is -0.103. The van der Waals surface area contributed by atoms with Crippen molar-refractivity contribution in [3.63, 3.8) is 0 Å². The van der Waals surface area contributed by atoms with Gasteiger partial charge in [-0.2, -0.15) is 0 Å². The number of nitrogens with zero attached hydrogens (tertiary/aromatic N) is 3. The summed E-state index contributed by atoms with van der Waals surface area (Å²) >= 11 is 1.34. The van der Waals surface area contributed by atoms with Crippen molar-refractivity contribution >= 4 is 17.5 Å². The molecule has 28 heavy (non-hydrogen) atoms. The fourth-order valence-electron chi connectivity index (χ4n) is 3.32. The lowest BCUT2D eigenvalue weighted by molar-refractivity contribution is 0.0777. The van der Waals surface area contributed by atoms with Crippen molar-refractivity contribution in [2.24, 2.45) is 0 Å². The number of nitrogens with one attached hydrogen (secondary N) is 1. The highest BCUT2D eigenvalue weighted by Gasteiger charge is 2.24. The Bertz CT molecular complexity index is 1010. The molecule has 0 unspecified atom stereocenters. The first-order chi connectivity index (χ1) is 13.5. The van der Waals surface area contributed by atoms with Crippen molar-refractivity contribution in [2.45, 2.75) is 38.6 Å². The molecule has 1 aliphatic heterocycles. The van der Waals surface area contributed by atoms with Gasteiger partial charge in [-0.1, -0.05) is 23.9 Å². The molecule has 1 N–H and O–H groups in total. The molecule has 0 fully saturated rings. The lowest BCUT2D eigenvalue weighted by Crippen LogP contribution is -2.33. The van der Waals surface area contributed by atoms with E-state index in [0.717, 1.165) is 34.3 Å². The van der Waals surface area contributed by atoms with Gasteiger partial charge in [0.1, 0.15) is 12.4 Å². The monoisotopic (exact) mass is 398 g/mol. The second-order valence-corrected chi connectivity index (χ2v) is 7.75. The highest BCUT2D eigenvalue weighted by atomic mass is 32.2. The van der Waals surface area contributed by atoms with Crippen LogP contribution in [0.25, 0.3) is 0 Å². The summed E-state index contributed by atoms with van der Waals surface area (Å²) in [6.45, 7) is 6.93. The summed E-state index contributed by atoms with van der Waals surface area (Å²) in [5.41, 5.74) is 2.70. The zero-order chi connectivity index (χ0) is 19.7. The summed E-state index contributed by atoms with van der Waals surface area (Å²) in [5.74, 6) is 2.64. The first-order valence-electron chi connectivity index (χ1n) is 9.11. The maximum absolute atomic E-state index is 12.7. The normalized spacial score (nSPS) is 15.6. The maximum atomic E-state index is 12.7. The van der Waals surface area contributed by atoms with Gasteiger partial charge in [0, 0.05) is 17.0 Å². The van der Waals surface area contributed by atoms with E-state index in [4.69, 9.17) is 9.47 Å². The molecule has 1 aromatic carbocycles. The highest BCUT2D eigenvalue weighted by molar-refractivity contribution is 7.99. The number of carbonyl (C=O) groups excluding carboxylic acids is 1. The average molecular weight is 398 g/mol. The number of thioether (sulfide) groups is 1. The largest absolute Gasteiger partial charge is 0.486 e. The van der Waals surface area contributed by atoms with Crippen LogP contribution in [0.3, 0.4) is 0 Å². The van der Waals surface area contributed by atoms with E-state index in [1.54, 1.807) is 0 Å². The smallest absolute Gasteiger partial charge is 0.208 e. The number of carbonyl (C=O) groups is 1. The molecule has 4 rings (SSSR count). The van der Waals surface area contributed by atoms with Crippen LogP contribution in [-0.2, 0) is 6.54 Å². The predicted molar refractivity (Wildman–Crippen MR) is 106 cm³/mol. The van der Waals surface area contributed by atoms with E-state index < -0.39 is 0 Å². The molecule has 8 heteroatoms. The first-order valence-corrected chi connectivity index (χ1v) is 10.1. The lowest BCUT2D eigenvalue weighted by Gasteiger charge is -2.27. The number of hydrogen-bond donors (Lipinski definition) is 1. The van der Waals surface area contributed by atoms with Crippen molar-refractivity contribution in [3.05, 3.63) is 53.1 Å². The molecule has 3 heterocycles. The number of ketones is 1. The first kappa shape index (κ1) is 18.6. The van der Waals surface area contributed by atoms with Crippen LogP contribution >= 0.6 is 11.8 Å². The van der Waals surface area contributed by atoms with Gasteiger partial charge >= 0.3 is 0 Å². The number of hydrogen-bond acceptors (Lipinski definition) is 6. The number of Topliss-reactive ketones (excluding diaryl/α,β-unsaturated/α-hetero) is 1. The third-order valence-corrected chi connectivity index (χ3v) is 5.58. The molecule has 2 aromatic heterocycles. The Hall–Kier alpha value is -2.74. The van der Waals surface area contributed by atoms with Crippen LogP contribution < -0.4 is 9.47 Å². The fraction of sp³-hybridized carbons (Fsp3) is 0.350. The Labute approximate surface area is 167 Å². The summed E-state index contributed by atoms with van der Waals surface area (Å²) in [5, 5.41) is 7.44. The van der Waals surface area contributed by atoms with Gasteiger partial charge in [0.15, 0.2) is 23.4 Å². The summed E-state index contributed by atoms with van der Waals surface area (Å²) in [4.78, 5) is 16.9. The molecule has 0 spiro atoms. The van der Waals surface area contributed by atoms with E-state index in [2.05, 4.69) is 19.7 Å². The summed E-state index contributed by atoms with van der Waals surface area (Å²) in [7, 11) is 0. The molecule has 0 saturated carbocycles. The SMILES string of the molecule is Cc1nc(SCC(=O)c2cc(C)n(C[C@@H]3COc4ccccc4O3)c2C)n[nH]1. The molecule has 0 saturated heterocycles. The Morgan fingerprint density at radius 3 is 2.82 bits per heavy atom. The topological polar surface area (TPSA) is 82.0 Å². The van der Waals surface area contributed by atoms with Gasteiger partial charge in [-0.25, -0.2) is 4.98 Å². The van der Waals surface area contributed by atoms with Gasteiger partial charge in [0.2, 0.25) is 5.16 Å². The van der Waals surface area contributed by atoms with E-state index in [-0.39, 0.29) is 11.9 Å². The molecule has 0 radical (unpaired) electrons. The number of aromatic amines is 1. The van der Waals surface area contributed by atoms with E-state index in [0.29, 0.717) is 24.1 Å². The minimum atomic E-state index is -0.103. The quantitative estimate of drug-likeness (QED) is 0.507. The number of para-hydroxylation sites is 2. The number of aromatic nitrogens is 4. The molecule has 146 valence electrons. The highest BCUT2D eigenvalue weighted by Crippen LogP contribution is 2.31. The van der Waals surface area contributed by atoms with Crippen LogP contribution in [0.15, 0.2) is 35.5 Å². The van der Waals surface area contributed by atoms with Gasteiger partial charge < -0.3 is 14.0 Å². The zero-order valence-corrected chi connectivity index (χ0v) is 16.9. The standard InChI is InChI=1S/C20H22N4O3S/c1-12-8-16(17(25)11-28-20-21-14(3)22-23-20)13(2)24(12)9-15-10-26-18-6-4-5-7-19(18)27-15/h4-8,15H,9-11H2,1-3H3,(H,21,22,23)/t15-/m1/s1. The van der Waals surface area contributed by atoms with Gasteiger partial charge in [-0.05, 0) is 39.0 Å². The van der Waals surface area contributed by atoms with E-state index in [9.17, 15) is 4.79 Å². The van der Waals surface area contributed by atoms with E-state index >= 15 is 0 Å². The number of benzene rings is 1. The van der Waals surface area contributed by atoms with Crippen LogP contribution in [0.1, 0.15) is 27.6 Å². The van der Waals surface area contributed by atoms with Gasteiger partial charge in [0.25, 0.3) is 0 Å². The molecule has 0 amide bonds. The zero-order valence-electron chi connectivity index (χ0n) is 16.1. The minimum absolute atomic E-state index is 0.0676. The summed E-state index contributed by atoms with van der Waals surface area (Å²) in [6, 6.07) is 9.62. The Morgan fingerprint density at radius 1 is 1.29 bits per heavy atom. The number of H-pyrrole nitrogens is 1. The minimum Gasteiger partial charge on any atom is -0.486 e. The van der Waals surface area contributed by atoms with E-state index in [1.807, 2.05) is 51.1 Å². The Kier molecular flexibility index (Phi) is 5.13. The number of aryl methyl sites for hydroxylation is 2. The molecular formula is C20H22N4O3S. The Morgan fingerprint density at radius 2 is 2.07 bits per heavy atom. The summed E-state index contributed by atoms with van der Waals surface area (Å²) < 4.78 is 14.0. The second-order valence-electron chi connectivity index (χ2n) is 6.81. The average Bonchev–Trinajstić information content (AvgIpc) is 3.24. The van der Waals surface area contributed by atoms with Gasteiger partial charge in [-0.15, -0.1) is 5.10 Å². The number of ether oxygens (including phenoxy) is 2. The molecule has 0 aliphatic carbocycles. The van der Waals surface area contributed by atoms with Crippen molar-refractivity contribution in [1.82, 2.24) is 19.7 Å². The van der Waals surface area contributed by atoms with E-state index in [1.165, 1.54) is 11.8 Å². The van der Waals surface area contributed by atoms with Crippen LogP contribution in [0.2, 0.25) is 0 Å². The van der Waals surface area contributed by atoms with Crippen LogP contribution in [0.5, 0.6) is 11.5 Å². The van der Waals surface area contributed by atoms with Crippen LogP contribution in [0, 0.1) is 20.8 Å². The molecule has 3 aromatic rings. The number of rotatable bonds is 6. The lowest BCUT2D eigenvalue weighted by atomic mass is 10.2. The number of fused-ring (bicyclic) bond motifs is 1. The van der Waals surface area contributed by atoms with Crippen LogP contribution in [0.4, 0.5) is 0 Å². The molecule has 1 atom stereocenters. The molecular weight excluding hydrogens is 376 g/mol. The molecule has 0 bridgehead atoms. The van der Waals surface area contributed by atoms with Crippen molar-refractivity contribution in [2.75, 3.05) is 12.4 Å². The predicted octanol–water partition coefficient (Wildman–Crippen LogP) is 3.35. The molecule has 7 nitrogen and oxygen atoms in total. The molecule has 1 aliphatic rings. The third kappa shape index (κ3) is 3.77. The van der Waals surface area contributed by atoms with Gasteiger partial charge in [0.05, 0.1) is 12.3 Å². The van der Waals surface area contributed by atoms with Crippen LogP contribution in [-0.4, -0.2) is 44.0 Å².